The Hall–Kier alpha value is -4.15. The number of hydrogen-bond acceptors (Lipinski definition) is 7. The Morgan fingerprint density at radius 3 is 2.48 bits per heavy atom. The van der Waals surface area contributed by atoms with Gasteiger partial charge in [0.25, 0.3) is 0 Å². The van der Waals surface area contributed by atoms with Crippen LogP contribution < -0.4 is 4.74 Å². The monoisotopic (exact) mass is 598 g/mol. The molecule has 1 N–H and O–H groups in total. The van der Waals surface area contributed by atoms with Crippen molar-refractivity contribution in [1.82, 2.24) is 19.4 Å². The number of nitrogens with zero attached hydrogens (tertiary/aromatic N) is 4. The zero-order valence-electron chi connectivity index (χ0n) is 24.5. The van der Waals surface area contributed by atoms with Gasteiger partial charge in [0.15, 0.2) is 5.78 Å². The van der Waals surface area contributed by atoms with E-state index in [1.165, 1.54) is 6.07 Å². The lowest BCUT2D eigenvalue weighted by atomic mass is 9.93. The molecule has 1 aliphatic carbocycles. The molecule has 2 aromatic carbocycles. The summed E-state index contributed by atoms with van der Waals surface area (Å²) in [4.78, 5) is 35.9. The van der Waals surface area contributed by atoms with Gasteiger partial charge in [-0.15, -0.1) is 0 Å². The van der Waals surface area contributed by atoms with Gasteiger partial charge in [0.2, 0.25) is 5.88 Å². The van der Waals surface area contributed by atoms with Crippen LogP contribution in [0.3, 0.4) is 0 Å². The van der Waals surface area contributed by atoms with Crippen molar-refractivity contribution in [3.8, 4) is 5.88 Å². The summed E-state index contributed by atoms with van der Waals surface area (Å²) in [5.41, 5.74) is 3.66. The van der Waals surface area contributed by atoms with Gasteiger partial charge in [0, 0.05) is 41.3 Å². The summed E-state index contributed by atoms with van der Waals surface area (Å²) in [6, 6.07) is 15.5. The van der Waals surface area contributed by atoms with Gasteiger partial charge >= 0.3 is 5.97 Å². The second kappa shape index (κ2) is 12.1. The minimum absolute atomic E-state index is 0.0213. The van der Waals surface area contributed by atoms with Gasteiger partial charge < -0.3 is 19.1 Å². The third-order valence-corrected chi connectivity index (χ3v) is 9.03. The highest BCUT2D eigenvalue weighted by Crippen LogP contribution is 2.33. The SMILES string of the molecule is O=C(O)c1ccc2nc(CN3CCC(c4cccc(OCc5ccc(C(=O)C6CC6)cc5F)n4)CC3)n(C[C@@H]3CCO3)c2c1. The average Bonchev–Trinajstić information content (AvgIpc) is 3.81. The molecule has 0 radical (unpaired) electrons. The normalized spacial score (nSPS) is 19.2. The number of carboxylic acid groups (broad SMARTS) is 1. The van der Waals surface area contributed by atoms with Crippen molar-refractivity contribution in [2.24, 2.45) is 5.92 Å². The van der Waals surface area contributed by atoms with Crippen LogP contribution in [0.5, 0.6) is 5.88 Å². The molecule has 0 bridgehead atoms. The van der Waals surface area contributed by atoms with Crippen LogP contribution in [0.1, 0.15) is 75.8 Å². The van der Waals surface area contributed by atoms with Crippen molar-refractivity contribution in [2.75, 3.05) is 19.7 Å². The van der Waals surface area contributed by atoms with Gasteiger partial charge in [-0.05, 0) is 75.5 Å². The largest absolute Gasteiger partial charge is 0.478 e. The first-order valence-corrected chi connectivity index (χ1v) is 15.4. The number of carbonyl (C=O) groups is 2. The van der Waals surface area contributed by atoms with Gasteiger partial charge in [-0.3, -0.25) is 9.69 Å². The van der Waals surface area contributed by atoms with E-state index in [0.717, 1.165) is 74.4 Å². The van der Waals surface area contributed by atoms with Crippen molar-refractivity contribution < 1.29 is 28.6 Å². The maximum Gasteiger partial charge on any atom is 0.335 e. The molecule has 44 heavy (non-hydrogen) atoms. The van der Waals surface area contributed by atoms with Gasteiger partial charge in [0.1, 0.15) is 18.2 Å². The average molecular weight is 599 g/mol. The molecule has 10 heteroatoms. The standard InChI is InChI=1S/C34H35FN4O5/c35-27-16-23(33(40)22-4-5-22)6-7-25(27)20-44-32-3-1-2-28(37-32)21-10-13-38(14-11-21)19-31-36-29-9-8-24(34(41)42)17-30(29)39(31)18-26-12-15-43-26/h1-3,6-9,16-17,21-22,26H,4-5,10-15,18-20H2,(H,41,42)/t26-/m0/s1. The summed E-state index contributed by atoms with van der Waals surface area (Å²) in [5, 5.41) is 9.51. The van der Waals surface area contributed by atoms with Gasteiger partial charge in [-0.2, -0.15) is 0 Å². The number of hydrogen-bond donors (Lipinski definition) is 1. The first-order valence-electron chi connectivity index (χ1n) is 15.4. The Bertz CT molecular complexity index is 1710. The van der Waals surface area contributed by atoms with E-state index >= 15 is 0 Å². The lowest BCUT2D eigenvalue weighted by molar-refractivity contribution is -0.0592. The van der Waals surface area contributed by atoms with Crippen LogP contribution in [-0.2, 0) is 24.4 Å². The van der Waals surface area contributed by atoms with E-state index < -0.39 is 11.8 Å². The number of ether oxygens (including phenoxy) is 2. The lowest BCUT2D eigenvalue weighted by Crippen LogP contribution is -2.35. The fraction of sp³-hybridized carbons (Fsp3) is 0.412. The Kier molecular flexibility index (Phi) is 7.86. The lowest BCUT2D eigenvalue weighted by Gasteiger charge is -2.32. The molecule has 1 atom stereocenters. The van der Waals surface area contributed by atoms with Crippen molar-refractivity contribution in [2.45, 2.75) is 63.8 Å². The van der Waals surface area contributed by atoms with Crippen molar-refractivity contribution in [3.05, 3.63) is 88.6 Å². The molecule has 228 valence electrons. The molecular weight excluding hydrogens is 563 g/mol. The molecule has 7 rings (SSSR count). The van der Waals surface area contributed by atoms with Crippen LogP contribution in [-0.4, -0.2) is 62.1 Å². The number of imidazole rings is 1. The molecule has 3 fully saturated rings. The molecule has 2 saturated heterocycles. The van der Waals surface area contributed by atoms with E-state index in [4.69, 9.17) is 19.4 Å². The van der Waals surface area contributed by atoms with Crippen molar-refractivity contribution in [3.63, 3.8) is 0 Å². The highest BCUT2D eigenvalue weighted by Gasteiger charge is 2.31. The second-order valence-electron chi connectivity index (χ2n) is 12.1. The number of fused-ring (bicyclic) bond motifs is 1. The third kappa shape index (κ3) is 6.09. The molecule has 9 nitrogen and oxygen atoms in total. The number of carbonyl (C=O) groups excluding carboxylic acids is 1. The van der Waals surface area contributed by atoms with Crippen molar-refractivity contribution in [1.29, 1.82) is 0 Å². The van der Waals surface area contributed by atoms with Gasteiger partial charge in [-0.1, -0.05) is 18.2 Å². The quantitative estimate of drug-likeness (QED) is 0.222. The van der Waals surface area contributed by atoms with E-state index in [1.807, 2.05) is 12.1 Å². The fourth-order valence-corrected chi connectivity index (χ4v) is 6.14. The van der Waals surface area contributed by atoms with Crippen LogP contribution in [0.2, 0.25) is 0 Å². The topological polar surface area (TPSA) is 107 Å². The summed E-state index contributed by atoms with van der Waals surface area (Å²) in [5.74, 6) is 0.342. The zero-order chi connectivity index (χ0) is 30.2. The van der Waals surface area contributed by atoms with Crippen molar-refractivity contribution >= 4 is 22.8 Å². The summed E-state index contributed by atoms with van der Waals surface area (Å²) in [6.07, 6.45) is 4.75. The molecule has 0 amide bonds. The number of rotatable bonds is 11. The summed E-state index contributed by atoms with van der Waals surface area (Å²) >= 11 is 0. The van der Waals surface area contributed by atoms with Crippen LogP contribution >= 0.6 is 0 Å². The second-order valence-corrected chi connectivity index (χ2v) is 12.1. The third-order valence-electron chi connectivity index (χ3n) is 9.03. The number of benzene rings is 2. The number of pyridine rings is 1. The Labute approximate surface area is 254 Å². The van der Waals surface area contributed by atoms with Gasteiger partial charge in [0.05, 0.1) is 35.8 Å². The Morgan fingerprint density at radius 1 is 0.977 bits per heavy atom. The predicted octanol–water partition coefficient (Wildman–Crippen LogP) is 5.61. The van der Waals surface area contributed by atoms with Crippen LogP contribution in [0.15, 0.2) is 54.6 Å². The molecular formula is C34H35FN4O5. The summed E-state index contributed by atoms with van der Waals surface area (Å²) < 4.78 is 28.4. The summed E-state index contributed by atoms with van der Waals surface area (Å²) in [6.45, 7) is 3.88. The number of carboxylic acids is 1. The number of Topliss-reactive ketones (excluding diaryl/α,β-unsaturated/α-hetero) is 1. The molecule has 4 aromatic rings. The number of ketones is 1. The number of aromatic carboxylic acids is 1. The maximum absolute atomic E-state index is 14.7. The van der Waals surface area contributed by atoms with E-state index in [2.05, 4.69) is 9.47 Å². The van der Waals surface area contributed by atoms with Gasteiger partial charge in [-0.25, -0.2) is 19.2 Å². The highest BCUT2D eigenvalue weighted by atomic mass is 19.1. The molecule has 1 saturated carbocycles. The molecule has 2 aliphatic heterocycles. The van der Waals surface area contributed by atoms with E-state index in [-0.39, 0.29) is 35.9 Å². The number of piperidine rings is 1. The van der Waals surface area contributed by atoms with E-state index in [9.17, 15) is 19.1 Å². The molecule has 0 spiro atoms. The van der Waals surface area contributed by atoms with Crippen LogP contribution in [0, 0.1) is 11.7 Å². The van der Waals surface area contributed by atoms with E-state index in [1.54, 1.807) is 36.4 Å². The minimum Gasteiger partial charge on any atom is -0.478 e. The van der Waals surface area contributed by atoms with Crippen LogP contribution in [0.4, 0.5) is 4.39 Å². The Balaban J connectivity index is 0.979. The molecule has 0 unspecified atom stereocenters. The number of likely N-dealkylation sites (tertiary alicyclic amines) is 1. The zero-order valence-corrected chi connectivity index (χ0v) is 24.5. The smallest absolute Gasteiger partial charge is 0.335 e. The molecule has 2 aromatic heterocycles. The highest BCUT2D eigenvalue weighted by molar-refractivity contribution is 5.99. The Morgan fingerprint density at radius 2 is 1.77 bits per heavy atom. The first kappa shape index (κ1) is 28.6. The first-order chi connectivity index (χ1) is 21.4. The molecule has 3 aliphatic rings. The number of halogens is 1. The fourth-order valence-electron chi connectivity index (χ4n) is 6.14. The number of aromatic nitrogens is 3. The molecule has 4 heterocycles. The minimum atomic E-state index is -0.950. The predicted molar refractivity (Wildman–Crippen MR) is 160 cm³/mol. The summed E-state index contributed by atoms with van der Waals surface area (Å²) in [7, 11) is 0. The maximum atomic E-state index is 14.7. The van der Waals surface area contributed by atoms with E-state index in [0.29, 0.717) is 30.1 Å². The van der Waals surface area contributed by atoms with Crippen LogP contribution in [0.25, 0.3) is 11.0 Å².